The predicted molar refractivity (Wildman–Crippen MR) is 147 cm³/mol. The van der Waals surface area contributed by atoms with Crippen LogP contribution in [0.25, 0.3) is 22.3 Å². The smallest absolute Gasteiger partial charge is 0.390 e. The van der Waals surface area contributed by atoms with Gasteiger partial charge in [-0.3, -0.25) is 32.5 Å². The van der Waals surface area contributed by atoms with Gasteiger partial charge in [-0.2, -0.15) is 13.8 Å². The first kappa shape index (κ1) is 32.0. The third kappa shape index (κ3) is 5.12. The Morgan fingerprint density at radius 1 is 0.915 bits per heavy atom. The number of aliphatic hydroxyl groups is 2. The summed E-state index contributed by atoms with van der Waals surface area (Å²) in [7, 11) is -11.4. The molecule has 10 atom stereocenters. The number of H-pyrrole nitrogens is 1. The normalized spacial score (nSPS) is 37.7. The van der Waals surface area contributed by atoms with Crippen molar-refractivity contribution in [3.63, 3.8) is 0 Å². The number of imidazole rings is 2. The summed E-state index contributed by atoms with van der Waals surface area (Å²) in [6.45, 7) is -2.30. The van der Waals surface area contributed by atoms with Crippen molar-refractivity contribution in [1.82, 2.24) is 39.0 Å². The standard InChI is InChI=1S/C21H24F2N10O12P2/c22-21(23)8-11(34)6(43-18(8)33-5-29-10-16(33)30-20(25)31-17(10)36)1-42-47(39,40)45-13-7(2-41-46(21,37)38)44-19(12(13)35)32-4-28-9-14(24)26-3-27-15(9)32/h3-8,11-13,18-19,34-35H,1-2H2,(H,37,38)(H,39,40)(H2,24,26,27)(H3,25,30,31,36)/t6-,7-,8+,11?,12?,13+,18-,19-/m1/s1. The SMILES string of the molecule is Nc1nc2c(ncn2[C@@H]2O[C@@H]3COP(=O)(O)O[C@@H]4C(O)[C@H](n5cnc6c(N)ncnc65)O[C@@H]4COP(=O)(O)C(F)(F)[C@H]2C3O)c(=O)[nH]1. The molecule has 0 saturated carbocycles. The molecule has 3 fully saturated rings. The van der Waals surface area contributed by atoms with Crippen LogP contribution in [0.15, 0.2) is 23.8 Å². The maximum Gasteiger partial charge on any atom is 0.472 e. The van der Waals surface area contributed by atoms with Gasteiger partial charge in [-0.25, -0.2) is 24.5 Å². The van der Waals surface area contributed by atoms with Crippen molar-refractivity contribution in [3.8, 4) is 0 Å². The highest BCUT2D eigenvalue weighted by Gasteiger charge is 2.67. The van der Waals surface area contributed by atoms with Gasteiger partial charge in [0.25, 0.3) is 5.56 Å². The first-order valence-electron chi connectivity index (χ1n) is 13.4. The minimum Gasteiger partial charge on any atom is -0.390 e. The number of hydrogen-bond donors (Lipinski definition) is 7. The molecule has 26 heteroatoms. The zero-order valence-electron chi connectivity index (χ0n) is 23.3. The molecule has 7 rings (SSSR count). The van der Waals surface area contributed by atoms with Gasteiger partial charge in [0.05, 0.1) is 32.0 Å². The minimum absolute atomic E-state index is 0.0350. The molecule has 0 aliphatic carbocycles. The molecule has 9 N–H and O–H groups in total. The second-order valence-corrected chi connectivity index (χ2v) is 14.0. The van der Waals surface area contributed by atoms with Gasteiger partial charge in [0, 0.05) is 0 Å². The molecule has 47 heavy (non-hydrogen) atoms. The van der Waals surface area contributed by atoms with Gasteiger partial charge in [0.1, 0.15) is 48.4 Å². The van der Waals surface area contributed by atoms with E-state index in [1.54, 1.807) is 0 Å². The first-order chi connectivity index (χ1) is 22.1. The van der Waals surface area contributed by atoms with E-state index < -0.39 is 100 Å². The van der Waals surface area contributed by atoms with Gasteiger partial charge < -0.3 is 45.5 Å². The van der Waals surface area contributed by atoms with Gasteiger partial charge in [-0.05, 0) is 0 Å². The Labute approximate surface area is 258 Å². The number of nitrogens with one attached hydrogen (secondary N) is 1. The molecule has 0 aromatic carbocycles. The summed E-state index contributed by atoms with van der Waals surface area (Å²) in [5.74, 6) is -3.10. The largest absolute Gasteiger partial charge is 0.472 e. The van der Waals surface area contributed by atoms with E-state index in [1.165, 1.54) is 0 Å². The van der Waals surface area contributed by atoms with E-state index in [0.717, 1.165) is 28.1 Å². The number of aromatic amines is 1. The molecule has 0 spiro atoms. The number of nitrogens with zero attached hydrogens (tertiary/aromatic N) is 7. The number of halogens is 2. The van der Waals surface area contributed by atoms with Crippen LogP contribution < -0.4 is 17.0 Å². The molecule has 2 bridgehead atoms. The number of phosphoric acid groups is 1. The Morgan fingerprint density at radius 3 is 2.32 bits per heavy atom. The summed E-state index contributed by atoms with van der Waals surface area (Å²) in [5, 5.41) is 22.1. The number of aliphatic hydroxyl groups excluding tert-OH is 2. The molecule has 4 unspecified atom stereocenters. The van der Waals surface area contributed by atoms with E-state index in [0.29, 0.717) is 0 Å². The number of nitrogens with two attached hydrogens (primary N) is 2. The zero-order chi connectivity index (χ0) is 33.6. The number of fused-ring (bicyclic) bond motifs is 5. The average molecular weight is 708 g/mol. The van der Waals surface area contributed by atoms with Crippen LogP contribution in [-0.2, 0) is 32.2 Å². The topological polar surface area (TPSA) is 320 Å². The van der Waals surface area contributed by atoms with Crippen molar-refractivity contribution in [3.05, 3.63) is 29.3 Å². The number of phosphoric ester groups is 1. The van der Waals surface area contributed by atoms with Crippen molar-refractivity contribution in [2.45, 2.75) is 48.6 Å². The van der Waals surface area contributed by atoms with Crippen LogP contribution in [0.4, 0.5) is 20.5 Å². The Hall–Kier alpha value is -3.54. The average Bonchev–Trinajstić information content (AvgIpc) is 3.75. The van der Waals surface area contributed by atoms with E-state index in [4.69, 9.17) is 34.5 Å². The van der Waals surface area contributed by atoms with Crippen molar-refractivity contribution in [2.75, 3.05) is 24.7 Å². The predicted octanol–water partition coefficient (Wildman–Crippen LogP) is -1.43. The molecule has 4 aromatic rings. The molecule has 0 amide bonds. The highest BCUT2D eigenvalue weighted by atomic mass is 31.2. The minimum atomic E-state index is -6.15. The summed E-state index contributed by atoms with van der Waals surface area (Å²) in [5.41, 5.74) is 5.08. The number of anilines is 2. The summed E-state index contributed by atoms with van der Waals surface area (Å²) < 4.78 is 86.9. The van der Waals surface area contributed by atoms with Crippen LogP contribution in [0.2, 0.25) is 0 Å². The number of rotatable bonds is 2. The number of hydrogen-bond acceptors (Lipinski definition) is 17. The quantitative estimate of drug-likeness (QED) is 0.117. The lowest BCUT2D eigenvalue weighted by Crippen LogP contribution is -2.42. The summed E-state index contributed by atoms with van der Waals surface area (Å²) in [4.78, 5) is 55.2. The van der Waals surface area contributed by atoms with Crippen LogP contribution in [0.5, 0.6) is 0 Å². The van der Waals surface area contributed by atoms with Crippen molar-refractivity contribution in [1.29, 1.82) is 0 Å². The lowest BCUT2D eigenvalue weighted by molar-refractivity contribution is -0.0911. The Balaban J connectivity index is 1.26. The monoisotopic (exact) mass is 708 g/mol. The zero-order valence-corrected chi connectivity index (χ0v) is 25.0. The number of nitrogen functional groups attached to an aromatic ring is 2. The Morgan fingerprint density at radius 2 is 1.57 bits per heavy atom. The van der Waals surface area contributed by atoms with E-state index in [-0.39, 0.29) is 22.5 Å². The molecule has 7 heterocycles. The Kier molecular flexibility index (Phi) is 7.50. The lowest BCUT2D eigenvalue weighted by atomic mass is 10.00. The van der Waals surface area contributed by atoms with E-state index in [9.17, 15) is 33.9 Å². The maximum absolute atomic E-state index is 16.2. The van der Waals surface area contributed by atoms with Crippen molar-refractivity contribution in [2.24, 2.45) is 5.92 Å². The molecule has 254 valence electrons. The first-order valence-corrected chi connectivity index (χ1v) is 16.5. The molecule has 0 radical (unpaired) electrons. The van der Waals surface area contributed by atoms with Crippen LogP contribution >= 0.6 is 15.4 Å². The Bertz CT molecular complexity index is 2030. The number of alkyl halides is 2. The van der Waals surface area contributed by atoms with E-state index >= 15 is 8.78 Å². The summed E-state index contributed by atoms with van der Waals surface area (Å²) in [6, 6.07) is 0. The molecule has 4 aromatic heterocycles. The maximum atomic E-state index is 16.2. The van der Waals surface area contributed by atoms with Gasteiger partial charge in [0.15, 0.2) is 28.9 Å². The second kappa shape index (κ2) is 11.0. The molecule has 3 saturated heterocycles. The van der Waals surface area contributed by atoms with Crippen LogP contribution in [-0.4, -0.2) is 108 Å². The summed E-state index contributed by atoms with van der Waals surface area (Å²) in [6.07, 6.45) is -10.3. The van der Waals surface area contributed by atoms with E-state index in [1.807, 2.05) is 0 Å². The number of aromatic nitrogens is 8. The molecule has 3 aliphatic heterocycles. The second-order valence-electron chi connectivity index (χ2n) is 10.7. The lowest BCUT2D eigenvalue weighted by Gasteiger charge is -2.32. The van der Waals surface area contributed by atoms with Crippen LogP contribution in [0.3, 0.4) is 0 Å². The molecular weight excluding hydrogens is 684 g/mol. The van der Waals surface area contributed by atoms with Gasteiger partial charge in [-0.1, -0.05) is 0 Å². The van der Waals surface area contributed by atoms with Crippen molar-refractivity contribution >= 4 is 49.5 Å². The van der Waals surface area contributed by atoms with E-state index in [2.05, 4.69) is 29.9 Å². The molecule has 3 aliphatic rings. The fraction of sp³-hybridized carbons (Fsp3) is 0.524. The molecular formula is C21H24F2N10O12P2. The fourth-order valence-electron chi connectivity index (χ4n) is 5.70. The number of ether oxygens (including phenoxy) is 2. The fourth-order valence-corrected chi connectivity index (χ4v) is 7.84. The molecule has 22 nitrogen and oxygen atoms in total. The van der Waals surface area contributed by atoms with Crippen LogP contribution in [0, 0.1) is 5.92 Å². The van der Waals surface area contributed by atoms with Gasteiger partial charge in [-0.15, -0.1) is 0 Å². The highest BCUT2D eigenvalue weighted by molar-refractivity contribution is 7.54. The third-order valence-corrected chi connectivity index (χ3v) is 10.5. The van der Waals surface area contributed by atoms with Crippen molar-refractivity contribution < 1.29 is 61.0 Å². The van der Waals surface area contributed by atoms with Gasteiger partial charge >= 0.3 is 21.1 Å². The highest BCUT2D eigenvalue weighted by Crippen LogP contribution is 2.66. The van der Waals surface area contributed by atoms with Gasteiger partial charge in [0.2, 0.25) is 5.95 Å². The van der Waals surface area contributed by atoms with Crippen LogP contribution in [0.1, 0.15) is 12.5 Å². The summed E-state index contributed by atoms with van der Waals surface area (Å²) >= 11 is 0. The third-order valence-electron chi connectivity index (χ3n) is 7.91.